The van der Waals surface area contributed by atoms with Gasteiger partial charge in [-0.2, -0.15) is 0 Å². The molecule has 2 rings (SSSR count). The molecule has 0 amide bonds. The van der Waals surface area contributed by atoms with Crippen LogP contribution >= 0.6 is 0 Å². The Hall–Kier alpha value is -2.12. The number of anilines is 1. The highest BCUT2D eigenvalue weighted by atomic mass is 16.6. The van der Waals surface area contributed by atoms with Crippen LogP contribution in [0.2, 0.25) is 0 Å². The van der Waals surface area contributed by atoms with Gasteiger partial charge in [0.05, 0.1) is 5.69 Å². The van der Waals surface area contributed by atoms with Crippen molar-refractivity contribution in [3.8, 4) is 11.5 Å². The van der Waals surface area contributed by atoms with Gasteiger partial charge in [0.25, 0.3) is 0 Å². The normalized spacial score (nSPS) is 24.1. The van der Waals surface area contributed by atoms with E-state index in [0.717, 1.165) is 0 Å². The summed E-state index contributed by atoms with van der Waals surface area (Å²) in [5.74, 6) is -2.57. The lowest BCUT2D eigenvalue weighted by Gasteiger charge is -2.21. The van der Waals surface area contributed by atoms with Gasteiger partial charge in [-0.25, -0.2) is 9.59 Å². The van der Waals surface area contributed by atoms with Gasteiger partial charge in [0, 0.05) is 0 Å². The standard InChI is InChI=1S/C10H9NO6/c11-4-2-1-3-5-8(4)17-10(15)7(13)6(12)9(14)16-5/h1-3,6-7,12-13H,11H2. The molecular weight excluding hydrogens is 230 g/mol. The minimum atomic E-state index is -2.00. The zero-order chi connectivity index (χ0) is 12.6. The van der Waals surface area contributed by atoms with E-state index in [9.17, 15) is 19.8 Å². The summed E-state index contributed by atoms with van der Waals surface area (Å²) in [4.78, 5) is 22.7. The number of nitrogen functional groups attached to an aromatic ring is 1. The van der Waals surface area contributed by atoms with E-state index in [1.807, 2.05) is 0 Å². The van der Waals surface area contributed by atoms with E-state index in [1.54, 1.807) is 0 Å². The number of rotatable bonds is 0. The zero-order valence-corrected chi connectivity index (χ0v) is 8.49. The summed E-state index contributed by atoms with van der Waals surface area (Å²) < 4.78 is 9.49. The Labute approximate surface area is 95.4 Å². The fraction of sp³-hybridized carbons (Fsp3) is 0.200. The maximum atomic E-state index is 11.3. The van der Waals surface area contributed by atoms with Gasteiger partial charge < -0.3 is 25.4 Å². The molecule has 1 aliphatic rings. The van der Waals surface area contributed by atoms with Gasteiger partial charge in [0.2, 0.25) is 0 Å². The second-order valence-corrected chi connectivity index (χ2v) is 3.41. The Morgan fingerprint density at radius 2 is 1.65 bits per heavy atom. The minimum Gasteiger partial charge on any atom is -0.420 e. The van der Waals surface area contributed by atoms with Crippen molar-refractivity contribution in [1.29, 1.82) is 0 Å². The van der Waals surface area contributed by atoms with Crippen molar-refractivity contribution < 1.29 is 29.3 Å². The van der Waals surface area contributed by atoms with Crippen LogP contribution in [0.15, 0.2) is 18.2 Å². The molecule has 0 aliphatic carbocycles. The van der Waals surface area contributed by atoms with Crippen molar-refractivity contribution in [1.82, 2.24) is 0 Å². The number of ether oxygens (including phenoxy) is 2. The van der Waals surface area contributed by atoms with E-state index < -0.39 is 24.1 Å². The minimum absolute atomic E-state index is 0.0761. The summed E-state index contributed by atoms with van der Waals surface area (Å²) >= 11 is 0. The number of para-hydroxylation sites is 1. The van der Waals surface area contributed by atoms with E-state index in [4.69, 9.17) is 15.2 Å². The summed E-state index contributed by atoms with van der Waals surface area (Å²) in [5.41, 5.74) is 5.61. The van der Waals surface area contributed by atoms with E-state index in [0.29, 0.717) is 0 Å². The lowest BCUT2D eigenvalue weighted by molar-refractivity contribution is -0.164. The molecule has 4 N–H and O–H groups in total. The first-order valence-corrected chi connectivity index (χ1v) is 4.68. The highest BCUT2D eigenvalue weighted by Gasteiger charge is 2.37. The van der Waals surface area contributed by atoms with E-state index in [1.165, 1.54) is 18.2 Å². The number of esters is 2. The van der Waals surface area contributed by atoms with Crippen LogP contribution in [-0.2, 0) is 9.59 Å². The van der Waals surface area contributed by atoms with Crippen LogP contribution in [0.1, 0.15) is 0 Å². The fourth-order valence-corrected chi connectivity index (χ4v) is 1.31. The molecule has 1 aromatic carbocycles. The number of nitrogens with two attached hydrogens (primary N) is 1. The van der Waals surface area contributed by atoms with Crippen LogP contribution in [0.5, 0.6) is 11.5 Å². The summed E-state index contributed by atoms with van der Waals surface area (Å²) in [6, 6.07) is 4.27. The summed E-state index contributed by atoms with van der Waals surface area (Å²) in [6.45, 7) is 0. The van der Waals surface area contributed by atoms with Crippen LogP contribution in [0.25, 0.3) is 0 Å². The number of hydrogen-bond donors (Lipinski definition) is 3. The van der Waals surface area contributed by atoms with Crippen molar-refractivity contribution in [3.05, 3.63) is 18.2 Å². The zero-order valence-electron chi connectivity index (χ0n) is 8.49. The lowest BCUT2D eigenvalue weighted by atomic mass is 10.2. The number of carbonyl (C=O) groups excluding carboxylic acids is 2. The summed E-state index contributed by atoms with van der Waals surface area (Å²) in [7, 11) is 0. The SMILES string of the molecule is Nc1cccc2c1OC(=O)C(O)C(O)C(=O)O2. The number of aliphatic hydroxyl groups is 2. The van der Waals surface area contributed by atoms with E-state index >= 15 is 0 Å². The molecule has 1 heterocycles. The third kappa shape index (κ3) is 1.93. The van der Waals surface area contributed by atoms with Crippen molar-refractivity contribution in [2.75, 3.05) is 5.73 Å². The van der Waals surface area contributed by atoms with Crippen LogP contribution < -0.4 is 15.2 Å². The highest BCUT2D eigenvalue weighted by Crippen LogP contribution is 2.35. The molecule has 0 aromatic heterocycles. The quantitative estimate of drug-likeness (QED) is 0.296. The van der Waals surface area contributed by atoms with E-state index in [2.05, 4.69) is 0 Å². The molecule has 7 nitrogen and oxygen atoms in total. The lowest BCUT2D eigenvalue weighted by Crippen LogP contribution is -2.45. The first kappa shape index (κ1) is 11.4. The van der Waals surface area contributed by atoms with Crippen molar-refractivity contribution >= 4 is 17.6 Å². The third-order valence-electron chi connectivity index (χ3n) is 2.20. The van der Waals surface area contributed by atoms with Gasteiger partial charge >= 0.3 is 11.9 Å². The van der Waals surface area contributed by atoms with Crippen LogP contribution in [0.3, 0.4) is 0 Å². The van der Waals surface area contributed by atoms with Gasteiger partial charge in [0.15, 0.2) is 23.7 Å². The molecule has 0 saturated heterocycles. The molecule has 0 radical (unpaired) electrons. The van der Waals surface area contributed by atoms with Crippen LogP contribution in [0, 0.1) is 0 Å². The molecule has 0 bridgehead atoms. The van der Waals surface area contributed by atoms with Crippen LogP contribution in [-0.4, -0.2) is 34.4 Å². The van der Waals surface area contributed by atoms with Gasteiger partial charge in [-0.1, -0.05) is 6.07 Å². The van der Waals surface area contributed by atoms with Crippen molar-refractivity contribution in [3.63, 3.8) is 0 Å². The molecule has 1 aliphatic heterocycles. The molecule has 7 heteroatoms. The predicted octanol–water partition coefficient (Wildman–Crippen LogP) is -1.19. The smallest absolute Gasteiger partial charge is 0.343 e. The Morgan fingerprint density at radius 3 is 2.29 bits per heavy atom. The molecule has 90 valence electrons. The maximum absolute atomic E-state index is 11.3. The molecule has 17 heavy (non-hydrogen) atoms. The van der Waals surface area contributed by atoms with Gasteiger partial charge in [-0.05, 0) is 12.1 Å². The van der Waals surface area contributed by atoms with E-state index in [-0.39, 0.29) is 17.2 Å². The number of aliphatic hydroxyl groups excluding tert-OH is 2. The molecule has 0 spiro atoms. The Kier molecular flexibility index (Phi) is 2.70. The second-order valence-electron chi connectivity index (χ2n) is 3.41. The van der Waals surface area contributed by atoms with Gasteiger partial charge in [0.1, 0.15) is 0 Å². The van der Waals surface area contributed by atoms with Gasteiger partial charge in [-0.15, -0.1) is 0 Å². The summed E-state index contributed by atoms with van der Waals surface area (Å²) in [5, 5.41) is 18.5. The maximum Gasteiger partial charge on any atom is 0.343 e. The second kappa shape index (κ2) is 4.04. The average Bonchev–Trinajstić information content (AvgIpc) is 2.30. The first-order valence-electron chi connectivity index (χ1n) is 4.68. The number of hydrogen-bond acceptors (Lipinski definition) is 7. The molecule has 2 unspecified atom stereocenters. The van der Waals surface area contributed by atoms with Gasteiger partial charge in [-0.3, -0.25) is 0 Å². The highest BCUT2D eigenvalue weighted by molar-refractivity contribution is 5.90. The first-order chi connectivity index (χ1) is 8.00. The number of carbonyl (C=O) groups is 2. The predicted molar refractivity (Wildman–Crippen MR) is 54.1 cm³/mol. The number of benzene rings is 1. The largest absolute Gasteiger partial charge is 0.420 e. The number of fused-ring (bicyclic) bond motifs is 1. The Balaban J connectivity index is 2.49. The molecule has 0 fully saturated rings. The molecule has 0 saturated carbocycles. The molecule has 1 aromatic rings. The molecule has 2 atom stereocenters. The Morgan fingerprint density at radius 1 is 1.06 bits per heavy atom. The Bertz CT molecular complexity index is 486. The van der Waals surface area contributed by atoms with Crippen LogP contribution in [0.4, 0.5) is 5.69 Å². The average molecular weight is 239 g/mol. The fourth-order valence-electron chi connectivity index (χ4n) is 1.31. The van der Waals surface area contributed by atoms with Crippen molar-refractivity contribution in [2.24, 2.45) is 0 Å². The summed E-state index contributed by atoms with van der Waals surface area (Å²) in [6.07, 6.45) is -3.99. The monoisotopic (exact) mass is 239 g/mol. The third-order valence-corrected chi connectivity index (χ3v) is 2.20. The molecular formula is C10H9NO6. The topological polar surface area (TPSA) is 119 Å². The van der Waals surface area contributed by atoms with Crippen molar-refractivity contribution in [2.45, 2.75) is 12.2 Å².